The number of rotatable bonds is 4. The molecule has 0 radical (unpaired) electrons. The standard InChI is InChI=1S/C18H35N3/c1-15(13-19-17-8-4-3-5-9-17)21-12-10-18-16(14-21)7-6-11-20(18)2/h15-19H,3-14H2,1-2H3. The lowest BCUT2D eigenvalue weighted by molar-refractivity contribution is 0.0227. The van der Waals surface area contributed by atoms with E-state index in [4.69, 9.17) is 0 Å². The number of nitrogens with one attached hydrogen (secondary N) is 1. The Bertz CT molecular complexity index is 314. The molecule has 3 heteroatoms. The number of hydrogen-bond donors (Lipinski definition) is 1. The van der Waals surface area contributed by atoms with Gasteiger partial charge in [-0.15, -0.1) is 0 Å². The topological polar surface area (TPSA) is 18.5 Å². The molecular formula is C18H35N3. The second kappa shape index (κ2) is 7.43. The van der Waals surface area contributed by atoms with Crippen LogP contribution in [-0.4, -0.2) is 61.2 Å². The largest absolute Gasteiger partial charge is 0.312 e. The average Bonchev–Trinajstić information content (AvgIpc) is 2.53. The van der Waals surface area contributed by atoms with Gasteiger partial charge in [0.05, 0.1) is 0 Å². The highest BCUT2D eigenvalue weighted by atomic mass is 15.2. The summed E-state index contributed by atoms with van der Waals surface area (Å²) in [6.07, 6.45) is 11.4. The molecule has 0 bridgehead atoms. The fourth-order valence-corrected chi connectivity index (χ4v) is 4.85. The lowest BCUT2D eigenvalue weighted by Crippen LogP contribution is -2.56. The van der Waals surface area contributed by atoms with E-state index in [-0.39, 0.29) is 0 Å². The third kappa shape index (κ3) is 4.00. The minimum atomic E-state index is 0.708. The maximum absolute atomic E-state index is 3.85. The van der Waals surface area contributed by atoms with Gasteiger partial charge in [0.1, 0.15) is 0 Å². The van der Waals surface area contributed by atoms with Gasteiger partial charge in [-0.2, -0.15) is 0 Å². The van der Waals surface area contributed by atoms with Gasteiger partial charge in [-0.05, 0) is 65.1 Å². The fraction of sp³-hybridized carbons (Fsp3) is 1.00. The Labute approximate surface area is 131 Å². The summed E-state index contributed by atoms with van der Waals surface area (Å²) >= 11 is 0. The highest BCUT2D eigenvalue weighted by Crippen LogP contribution is 2.30. The first kappa shape index (κ1) is 15.8. The zero-order valence-electron chi connectivity index (χ0n) is 14.2. The molecule has 1 N–H and O–H groups in total. The average molecular weight is 293 g/mol. The van der Waals surface area contributed by atoms with Crippen molar-refractivity contribution in [2.75, 3.05) is 33.2 Å². The van der Waals surface area contributed by atoms with Crippen LogP contribution in [0.1, 0.15) is 58.3 Å². The Balaban J connectivity index is 1.43. The van der Waals surface area contributed by atoms with Crippen molar-refractivity contribution in [1.29, 1.82) is 0 Å². The molecule has 0 spiro atoms. The van der Waals surface area contributed by atoms with Crippen molar-refractivity contribution in [1.82, 2.24) is 15.1 Å². The van der Waals surface area contributed by atoms with Crippen LogP contribution in [0.4, 0.5) is 0 Å². The Morgan fingerprint density at radius 2 is 1.81 bits per heavy atom. The Morgan fingerprint density at radius 1 is 1.00 bits per heavy atom. The molecule has 0 aromatic carbocycles. The molecule has 3 fully saturated rings. The van der Waals surface area contributed by atoms with Gasteiger partial charge in [0.15, 0.2) is 0 Å². The minimum absolute atomic E-state index is 0.708. The zero-order chi connectivity index (χ0) is 14.7. The predicted octanol–water partition coefficient (Wildman–Crippen LogP) is 2.71. The molecule has 3 nitrogen and oxygen atoms in total. The smallest absolute Gasteiger partial charge is 0.0192 e. The quantitative estimate of drug-likeness (QED) is 0.860. The van der Waals surface area contributed by atoms with Crippen molar-refractivity contribution in [2.45, 2.75) is 76.4 Å². The van der Waals surface area contributed by atoms with Gasteiger partial charge in [0.25, 0.3) is 0 Å². The van der Waals surface area contributed by atoms with Crippen molar-refractivity contribution in [3.63, 3.8) is 0 Å². The van der Waals surface area contributed by atoms with Crippen LogP contribution in [0.2, 0.25) is 0 Å². The predicted molar refractivity (Wildman–Crippen MR) is 89.7 cm³/mol. The van der Waals surface area contributed by atoms with Crippen LogP contribution in [0.15, 0.2) is 0 Å². The number of piperidine rings is 2. The highest BCUT2D eigenvalue weighted by Gasteiger charge is 2.35. The van der Waals surface area contributed by atoms with E-state index in [2.05, 4.69) is 29.1 Å². The molecule has 3 rings (SSSR count). The van der Waals surface area contributed by atoms with Gasteiger partial charge < -0.3 is 10.2 Å². The monoisotopic (exact) mass is 293 g/mol. The van der Waals surface area contributed by atoms with Crippen molar-refractivity contribution < 1.29 is 0 Å². The van der Waals surface area contributed by atoms with Crippen LogP contribution in [0, 0.1) is 5.92 Å². The third-order valence-corrected chi connectivity index (χ3v) is 6.31. The van der Waals surface area contributed by atoms with E-state index < -0.39 is 0 Å². The third-order valence-electron chi connectivity index (χ3n) is 6.31. The number of likely N-dealkylation sites (tertiary alicyclic amines) is 2. The zero-order valence-corrected chi connectivity index (χ0v) is 14.2. The molecule has 21 heavy (non-hydrogen) atoms. The van der Waals surface area contributed by atoms with Crippen LogP contribution in [0.25, 0.3) is 0 Å². The summed E-state index contributed by atoms with van der Waals surface area (Å²) in [7, 11) is 2.33. The van der Waals surface area contributed by atoms with Crippen molar-refractivity contribution in [3.05, 3.63) is 0 Å². The van der Waals surface area contributed by atoms with Crippen LogP contribution < -0.4 is 5.32 Å². The number of nitrogens with zero attached hydrogens (tertiary/aromatic N) is 2. The highest BCUT2D eigenvalue weighted by molar-refractivity contribution is 4.91. The molecule has 3 aliphatic rings. The van der Waals surface area contributed by atoms with E-state index in [1.54, 1.807) is 0 Å². The molecular weight excluding hydrogens is 258 g/mol. The molecule has 2 heterocycles. The molecule has 0 aromatic heterocycles. The van der Waals surface area contributed by atoms with Gasteiger partial charge in [-0.25, -0.2) is 0 Å². The maximum atomic E-state index is 3.85. The lowest BCUT2D eigenvalue weighted by atomic mass is 9.83. The number of fused-ring (bicyclic) bond motifs is 1. The fourth-order valence-electron chi connectivity index (χ4n) is 4.85. The summed E-state index contributed by atoms with van der Waals surface area (Å²) in [5.74, 6) is 0.926. The van der Waals surface area contributed by atoms with Crippen molar-refractivity contribution in [2.24, 2.45) is 5.92 Å². The van der Waals surface area contributed by atoms with Crippen LogP contribution in [0.3, 0.4) is 0 Å². The summed E-state index contributed by atoms with van der Waals surface area (Å²) in [5, 5.41) is 3.85. The van der Waals surface area contributed by atoms with Crippen LogP contribution >= 0.6 is 0 Å². The van der Waals surface area contributed by atoms with E-state index in [9.17, 15) is 0 Å². The van der Waals surface area contributed by atoms with Gasteiger partial charge in [-0.1, -0.05) is 19.3 Å². The van der Waals surface area contributed by atoms with Gasteiger partial charge in [0.2, 0.25) is 0 Å². The Kier molecular flexibility index (Phi) is 5.58. The maximum Gasteiger partial charge on any atom is 0.0192 e. The van der Waals surface area contributed by atoms with Gasteiger partial charge >= 0.3 is 0 Å². The van der Waals surface area contributed by atoms with E-state index in [0.717, 1.165) is 18.0 Å². The molecule has 0 amide bonds. The van der Waals surface area contributed by atoms with E-state index >= 15 is 0 Å². The van der Waals surface area contributed by atoms with Gasteiger partial charge in [0, 0.05) is 31.2 Å². The molecule has 1 aliphatic carbocycles. The molecule has 2 saturated heterocycles. The molecule has 2 aliphatic heterocycles. The summed E-state index contributed by atoms with van der Waals surface area (Å²) in [6, 6.07) is 2.38. The Morgan fingerprint density at radius 3 is 2.62 bits per heavy atom. The van der Waals surface area contributed by atoms with Gasteiger partial charge in [-0.3, -0.25) is 4.90 Å². The Hall–Kier alpha value is -0.120. The molecule has 1 saturated carbocycles. The van der Waals surface area contributed by atoms with Crippen molar-refractivity contribution >= 4 is 0 Å². The summed E-state index contributed by atoms with van der Waals surface area (Å²) in [6.45, 7) is 7.59. The summed E-state index contributed by atoms with van der Waals surface area (Å²) in [5.41, 5.74) is 0. The SMILES string of the molecule is CC(CNC1CCCCC1)N1CCC2C(CCCN2C)C1. The molecule has 0 aromatic rings. The second-order valence-corrected chi connectivity index (χ2v) is 7.83. The summed E-state index contributed by atoms with van der Waals surface area (Å²) < 4.78 is 0. The van der Waals surface area contributed by atoms with Crippen LogP contribution in [0.5, 0.6) is 0 Å². The van der Waals surface area contributed by atoms with E-state index in [0.29, 0.717) is 6.04 Å². The minimum Gasteiger partial charge on any atom is -0.312 e. The first-order valence-corrected chi connectivity index (χ1v) is 9.41. The van der Waals surface area contributed by atoms with E-state index in [1.807, 2.05) is 0 Å². The van der Waals surface area contributed by atoms with E-state index in [1.165, 1.54) is 77.5 Å². The first-order chi connectivity index (χ1) is 10.2. The first-order valence-electron chi connectivity index (χ1n) is 9.41. The van der Waals surface area contributed by atoms with Crippen molar-refractivity contribution in [3.8, 4) is 0 Å². The molecule has 3 atom stereocenters. The lowest BCUT2D eigenvalue weighted by Gasteiger charge is -2.47. The molecule has 122 valence electrons. The van der Waals surface area contributed by atoms with Crippen LogP contribution in [-0.2, 0) is 0 Å². The molecule has 3 unspecified atom stereocenters. The second-order valence-electron chi connectivity index (χ2n) is 7.83. The summed E-state index contributed by atoms with van der Waals surface area (Å²) in [4.78, 5) is 5.38. The normalized spacial score (nSPS) is 34.6. The number of hydrogen-bond acceptors (Lipinski definition) is 3.